The van der Waals surface area contributed by atoms with Gasteiger partial charge in [0.25, 0.3) is 5.91 Å². The standard InChI is InChI=1S/C19H17ClFNO4/c20-13-4-6-17(26-11-18(23)24)15(10-13)12-3-5-14(16(21)9-12)19(25)22-7-1-2-8-22/h3-6,9-10H,1-2,7-8,11H2,(H,23,24). The van der Waals surface area contributed by atoms with Crippen LogP contribution in [0.4, 0.5) is 4.39 Å². The van der Waals surface area contributed by atoms with E-state index in [1.807, 2.05) is 0 Å². The predicted molar refractivity (Wildman–Crippen MR) is 95.1 cm³/mol. The first kappa shape index (κ1) is 18.2. The van der Waals surface area contributed by atoms with Crippen LogP contribution in [0.2, 0.25) is 5.02 Å². The van der Waals surface area contributed by atoms with Gasteiger partial charge in [-0.05, 0) is 48.7 Å². The molecule has 0 spiro atoms. The van der Waals surface area contributed by atoms with Gasteiger partial charge >= 0.3 is 5.97 Å². The Labute approximate surface area is 154 Å². The van der Waals surface area contributed by atoms with Crippen molar-refractivity contribution >= 4 is 23.5 Å². The Hall–Kier alpha value is -2.60. The Morgan fingerprint density at radius 3 is 2.54 bits per heavy atom. The van der Waals surface area contributed by atoms with Crippen molar-refractivity contribution in [2.24, 2.45) is 0 Å². The fourth-order valence-electron chi connectivity index (χ4n) is 2.94. The average molecular weight is 378 g/mol. The summed E-state index contributed by atoms with van der Waals surface area (Å²) >= 11 is 6.01. The Balaban J connectivity index is 1.92. The van der Waals surface area contributed by atoms with Gasteiger partial charge in [-0.2, -0.15) is 0 Å². The van der Waals surface area contributed by atoms with Gasteiger partial charge in [0.2, 0.25) is 0 Å². The van der Waals surface area contributed by atoms with Crippen molar-refractivity contribution in [2.45, 2.75) is 12.8 Å². The van der Waals surface area contributed by atoms with Crippen LogP contribution >= 0.6 is 11.6 Å². The molecule has 0 radical (unpaired) electrons. The third-order valence-corrected chi connectivity index (χ3v) is 4.43. The van der Waals surface area contributed by atoms with E-state index in [1.54, 1.807) is 23.1 Å². The van der Waals surface area contributed by atoms with Crippen molar-refractivity contribution in [2.75, 3.05) is 19.7 Å². The largest absolute Gasteiger partial charge is 0.481 e. The van der Waals surface area contributed by atoms with Gasteiger partial charge in [-0.1, -0.05) is 17.7 Å². The van der Waals surface area contributed by atoms with E-state index >= 15 is 0 Å². The molecule has 0 bridgehead atoms. The zero-order chi connectivity index (χ0) is 18.7. The number of aliphatic carboxylic acids is 1. The summed E-state index contributed by atoms with van der Waals surface area (Å²) in [6.45, 7) is 0.756. The summed E-state index contributed by atoms with van der Waals surface area (Å²) < 4.78 is 19.8. The van der Waals surface area contributed by atoms with Crippen LogP contribution in [0, 0.1) is 5.82 Å². The van der Waals surface area contributed by atoms with Crippen LogP contribution in [0.5, 0.6) is 5.75 Å². The highest BCUT2D eigenvalue weighted by Gasteiger charge is 2.22. The first-order valence-corrected chi connectivity index (χ1v) is 8.57. The van der Waals surface area contributed by atoms with Crippen LogP contribution in [0.15, 0.2) is 36.4 Å². The second-order valence-corrected chi connectivity index (χ2v) is 6.45. The molecule has 1 fully saturated rings. The van der Waals surface area contributed by atoms with Crippen molar-refractivity contribution in [1.82, 2.24) is 4.90 Å². The third kappa shape index (κ3) is 3.96. The fourth-order valence-corrected chi connectivity index (χ4v) is 3.11. The minimum absolute atomic E-state index is 0.0192. The highest BCUT2D eigenvalue weighted by Crippen LogP contribution is 2.34. The van der Waals surface area contributed by atoms with Crippen LogP contribution in [-0.4, -0.2) is 41.6 Å². The molecular weight excluding hydrogens is 361 g/mol. The second-order valence-electron chi connectivity index (χ2n) is 6.02. The number of carbonyl (C=O) groups excluding carboxylic acids is 1. The topological polar surface area (TPSA) is 66.8 Å². The Morgan fingerprint density at radius 2 is 1.88 bits per heavy atom. The van der Waals surface area contributed by atoms with Gasteiger partial charge < -0.3 is 14.7 Å². The monoisotopic (exact) mass is 377 g/mol. The molecule has 0 unspecified atom stereocenters. The molecule has 0 saturated carbocycles. The lowest BCUT2D eigenvalue weighted by atomic mass is 10.0. The highest BCUT2D eigenvalue weighted by atomic mass is 35.5. The lowest BCUT2D eigenvalue weighted by Crippen LogP contribution is -2.28. The van der Waals surface area contributed by atoms with Crippen molar-refractivity contribution in [1.29, 1.82) is 0 Å². The van der Waals surface area contributed by atoms with Crippen molar-refractivity contribution in [3.63, 3.8) is 0 Å². The summed E-state index contributed by atoms with van der Waals surface area (Å²) in [5.74, 6) is -1.80. The lowest BCUT2D eigenvalue weighted by molar-refractivity contribution is -0.139. The molecule has 1 aliphatic rings. The first-order valence-electron chi connectivity index (χ1n) is 8.19. The quantitative estimate of drug-likeness (QED) is 0.859. The van der Waals surface area contributed by atoms with Gasteiger partial charge in [-0.25, -0.2) is 9.18 Å². The molecule has 0 atom stereocenters. The predicted octanol–water partition coefficient (Wildman–Crippen LogP) is 3.85. The van der Waals surface area contributed by atoms with E-state index in [2.05, 4.69) is 0 Å². The summed E-state index contributed by atoms with van der Waals surface area (Å²) in [4.78, 5) is 24.8. The summed E-state index contributed by atoms with van der Waals surface area (Å²) in [6, 6.07) is 8.93. The SMILES string of the molecule is O=C(O)COc1ccc(Cl)cc1-c1ccc(C(=O)N2CCCC2)c(F)c1. The van der Waals surface area contributed by atoms with Crippen LogP contribution in [0.3, 0.4) is 0 Å². The minimum Gasteiger partial charge on any atom is -0.481 e. The summed E-state index contributed by atoms with van der Waals surface area (Å²) in [5.41, 5.74) is 0.923. The van der Waals surface area contributed by atoms with Crippen LogP contribution < -0.4 is 4.74 Å². The first-order chi connectivity index (χ1) is 12.5. The fraction of sp³-hybridized carbons (Fsp3) is 0.263. The number of carboxylic acid groups (broad SMARTS) is 1. The molecule has 3 rings (SSSR count). The van der Waals surface area contributed by atoms with Gasteiger partial charge in [0.1, 0.15) is 11.6 Å². The average Bonchev–Trinajstić information content (AvgIpc) is 3.14. The number of halogens is 2. The van der Waals surface area contributed by atoms with E-state index in [9.17, 15) is 14.0 Å². The number of rotatable bonds is 5. The number of carbonyl (C=O) groups is 2. The molecule has 1 amide bonds. The number of ether oxygens (including phenoxy) is 1. The molecule has 2 aromatic carbocycles. The van der Waals surface area contributed by atoms with Crippen molar-refractivity contribution in [3.05, 3.63) is 52.8 Å². The van der Waals surface area contributed by atoms with Crippen molar-refractivity contribution in [3.8, 4) is 16.9 Å². The summed E-state index contributed by atoms with van der Waals surface area (Å²) in [6.07, 6.45) is 1.86. The molecule has 2 aromatic rings. The van der Waals surface area contributed by atoms with E-state index in [1.165, 1.54) is 18.2 Å². The Bertz CT molecular complexity index is 849. The normalized spacial score (nSPS) is 13.7. The summed E-state index contributed by atoms with van der Waals surface area (Å²) in [5, 5.41) is 9.19. The number of amides is 1. The van der Waals surface area contributed by atoms with E-state index in [4.69, 9.17) is 21.4 Å². The molecular formula is C19H17ClFNO4. The maximum Gasteiger partial charge on any atom is 0.341 e. The van der Waals surface area contributed by atoms with Crippen LogP contribution in [0.25, 0.3) is 11.1 Å². The molecule has 1 heterocycles. The molecule has 7 heteroatoms. The zero-order valence-electron chi connectivity index (χ0n) is 13.9. The number of hydrogen-bond donors (Lipinski definition) is 1. The van der Waals surface area contributed by atoms with E-state index in [0.717, 1.165) is 12.8 Å². The third-order valence-electron chi connectivity index (χ3n) is 4.20. The highest BCUT2D eigenvalue weighted by molar-refractivity contribution is 6.31. The zero-order valence-corrected chi connectivity index (χ0v) is 14.6. The van der Waals surface area contributed by atoms with E-state index < -0.39 is 18.4 Å². The Morgan fingerprint density at radius 1 is 1.15 bits per heavy atom. The second kappa shape index (κ2) is 7.74. The molecule has 1 aliphatic heterocycles. The lowest BCUT2D eigenvalue weighted by Gasteiger charge is -2.16. The van der Waals surface area contributed by atoms with Gasteiger partial charge in [0, 0.05) is 23.7 Å². The molecule has 5 nitrogen and oxygen atoms in total. The van der Waals surface area contributed by atoms with Gasteiger partial charge in [-0.15, -0.1) is 0 Å². The number of likely N-dealkylation sites (tertiary alicyclic amines) is 1. The van der Waals surface area contributed by atoms with Crippen LogP contribution in [0.1, 0.15) is 23.2 Å². The Kier molecular flexibility index (Phi) is 5.42. The molecule has 1 N–H and O–H groups in total. The maximum absolute atomic E-state index is 14.6. The molecule has 1 saturated heterocycles. The number of nitrogens with zero attached hydrogens (tertiary/aromatic N) is 1. The van der Waals surface area contributed by atoms with Gasteiger partial charge in [0.15, 0.2) is 6.61 Å². The summed E-state index contributed by atoms with van der Waals surface area (Å²) in [7, 11) is 0. The van der Waals surface area contributed by atoms with Crippen molar-refractivity contribution < 1.29 is 23.8 Å². The molecule has 0 aliphatic carbocycles. The van der Waals surface area contributed by atoms with E-state index in [-0.39, 0.29) is 17.2 Å². The smallest absolute Gasteiger partial charge is 0.341 e. The molecule has 26 heavy (non-hydrogen) atoms. The van der Waals surface area contributed by atoms with E-state index in [0.29, 0.717) is 29.2 Å². The molecule has 136 valence electrons. The number of hydrogen-bond acceptors (Lipinski definition) is 3. The molecule has 0 aromatic heterocycles. The number of carboxylic acids is 1. The van der Waals surface area contributed by atoms with Crippen LogP contribution in [-0.2, 0) is 4.79 Å². The van der Waals surface area contributed by atoms with Gasteiger partial charge in [-0.3, -0.25) is 4.79 Å². The maximum atomic E-state index is 14.6. The number of benzene rings is 2. The van der Waals surface area contributed by atoms with Gasteiger partial charge in [0.05, 0.1) is 5.56 Å². The minimum atomic E-state index is -1.12.